The monoisotopic (exact) mass is 616 g/mol. The summed E-state index contributed by atoms with van der Waals surface area (Å²) in [5.41, 5.74) is 0. The average Bonchev–Trinajstić information content (AvgIpc) is 3.42. The molecule has 0 atom stereocenters. The van der Waals surface area contributed by atoms with Crippen LogP contribution in [0.5, 0.6) is 0 Å². The highest BCUT2D eigenvalue weighted by molar-refractivity contribution is 4.84. The van der Waals surface area contributed by atoms with E-state index in [0.29, 0.717) is 0 Å². The minimum Gasteiger partial charge on any atom is -0.234 e. The molecule has 0 aliphatic heterocycles. The summed E-state index contributed by atoms with van der Waals surface area (Å²) in [6.45, 7) is 9.40. The lowest BCUT2D eigenvalue weighted by Crippen LogP contribution is -2.37. The molecule has 0 aliphatic rings. The van der Waals surface area contributed by atoms with Crippen LogP contribution in [0, 0.1) is 0 Å². The van der Waals surface area contributed by atoms with Crippen LogP contribution in [0.3, 0.4) is 0 Å². The zero-order valence-electron chi connectivity index (χ0n) is 31.0. The minimum absolute atomic E-state index is 1.23. The molecule has 260 valence electrons. The number of aromatic nitrogens is 2. The third-order valence-corrected chi connectivity index (χ3v) is 10.1. The van der Waals surface area contributed by atoms with E-state index in [4.69, 9.17) is 0 Å². The summed E-state index contributed by atoms with van der Waals surface area (Å²) in [5.74, 6) is 1.62. The highest BCUT2D eigenvalue weighted by atomic mass is 15.1. The molecule has 0 spiro atoms. The average molecular weight is 616 g/mol. The van der Waals surface area contributed by atoms with Crippen molar-refractivity contribution < 1.29 is 4.57 Å². The van der Waals surface area contributed by atoms with Crippen LogP contribution >= 0.6 is 0 Å². The van der Waals surface area contributed by atoms with E-state index in [1.54, 1.807) is 5.82 Å². The number of rotatable bonds is 36. The van der Waals surface area contributed by atoms with Crippen molar-refractivity contribution in [1.82, 2.24) is 4.57 Å². The van der Waals surface area contributed by atoms with Gasteiger partial charge < -0.3 is 0 Å². The highest BCUT2D eigenvalue weighted by Gasteiger charge is 2.16. The van der Waals surface area contributed by atoms with E-state index in [1.807, 2.05) is 0 Å². The van der Waals surface area contributed by atoms with Gasteiger partial charge in [-0.15, -0.1) is 0 Å². The van der Waals surface area contributed by atoms with Crippen LogP contribution in [0.25, 0.3) is 0 Å². The van der Waals surface area contributed by atoms with Gasteiger partial charge >= 0.3 is 0 Å². The Morgan fingerprint density at radius 3 is 1.09 bits per heavy atom. The number of hydrogen-bond donors (Lipinski definition) is 0. The van der Waals surface area contributed by atoms with Gasteiger partial charge in [-0.3, -0.25) is 0 Å². The fourth-order valence-electron chi connectivity index (χ4n) is 7.03. The smallest absolute Gasteiger partial charge is 0.234 e. The molecular weight excluding hydrogens is 532 g/mol. The van der Waals surface area contributed by atoms with Gasteiger partial charge in [-0.1, -0.05) is 201 Å². The van der Waals surface area contributed by atoms with Crippen molar-refractivity contribution in [3.8, 4) is 0 Å². The predicted molar refractivity (Wildman–Crippen MR) is 198 cm³/mol. The number of hydrogen-bond acceptors (Lipinski definition) is 0. The summed E-state index contributed by atoms with van der Waals surface area (Å²) in [6.07, 6.45) is 53.4. The summed E-state index contributed by atoms with van der Waals surface area (Å²) < 4.78 is 5.27. The van der Waals surface area contributed by atoms with Crippen LogP contribution in [0.4, 0.5) is 0 Å². The maximum absolute atomic E-state index is 2.63. The maximum Gasteiger partial charge on any atom is 0.256 e. The van der Waals surface area contributed by atoms with E-state index >= 15 is 0 Å². The molecule has 44 heavy (non-hydrogen) atoms. The van der Waals surface area contributed by atoms with Crippen LogP contribution in [0.15, 0.2) is 12.4 Å². The molecule has 1 rings (SSSR count). The van der Waals surface area contributed by atoms with Crippen LogP contribution in [-0.4, -0.2) is 4.57 Å². The van der Waals surface area contributed by atoms with Crippen LogP contribution in [0.2, 0.25) is 0 Å². The first-order valence-corrected chi connectivity index (χ1v) is 20.9. The molecule has 0 amide bonds. The standard InChI is InChI=1S/C42H83N2/c1-4-7-10-13-16-18-19-20-21-22-23-24-25-26-28-31-34-37-42-43(38-35-32-29-15-12-9-6-3)40-41-44(42)39-36-33-30-27-17-14-11-8-5-2/h40-41H,4-39H2,1-3H3/q+1. The largest absolute Gasteiger partial charge is 0.256 e. The second-order valence-electron chi connectivity index (χ2n) is 14.5. The van der Waals surface area contributed by atoms with E-state index in [-0.39, 0.29) is 0 Å². The molecule has 0 radical (unpaired) electrons. The van der Waals surface area contributed by atoms with Gasteiger partial charge in [-0.2, -0.15) is 0 Å². The lowest BCUT2D eigenvalue weighted by atomic mass is 10.0. The lowest BCUT2D eigenvalue weighted by molar-refractivity contribution is -0.704. The van der Waals surface area contributed by atoms with Crippen molar-refractivity contribution >= 4 is 0 Å². The molecule has 0 unspecified atom stereocenters. The summed E-state index contributed by atoms with van der Waals surface area (Å²) >= 11 is 0. The topological polar surface area (TPSA) is 8.81 Å². The normalized spacial score (nSPS) is 11.6. The molecular formula is C42H83N2+. The van der Waals surface area contributed by atoms with Gasteiger partial charge in [0.25, 0.3) is 5.82 Å². The lowest BCUT2D eigenvalue weighted by Gasteiger charge is -2.07. The molecule has 0 N–H and O–H groups in total. The number of imidazole rings is 1. The van der Waals surface area contributed by atoms with Gasteiger partial charge in [-0.25, -0.2) is 9.13 Å². The van der Waals surface area contributed by atoms with Crippen LogP contribution in [0.1, 0.15) is 238 Å². The SMILES string of the molecule is CCCCCCCCCCCCCCCCCCCc1n(CCCCCCCCCCC)cc[n+]1CCCCCCCCC. The van der Waals surface area contributed by atoms with Crippen molar-refractivity contribution in [3.63, 3.8) is 0 Å². The summed E-state index contributed by atoms with van der Waals surface area (Å²) in [5, 5.41) is 0. The molecule has 2 nitrogen and oxygen atoms in total. The van der Waals surface area contributed by atoms with Gasteiger partial charge in [-0.05, 0) is 32.1 Å². The summed E-state index contributed by atoms with van der Waals surface area (Å²) in [6, 6.07) is 0. The zero-order chi connectivity index (χ0) is 31.6. The Labute approximate surface area is 279 Å². The molecule has 0 saturated heterocycles. The van der Waals surface area contributed by atoms with E-state index in [0.717, 1.165) is 0 Å². The Bertz CT molecular complexity index is 677. The molecule has 1 heterocycles. The van der Waals surface area contributed by atoms with Crippen molar-refractivity contribution in [2.24, 2.45) is 0 Å². The summed E-state index contributed by atoms with van der Waals surface area (Å²) in [7, 11) is 0. The summed E-state index contributed by atoms with van der Waals surface area (Å²) in [4.78, 5) is 0. The quantitative estimate of drug-likeness (QED) is 0.0524. The minimum atomic E-state index is 1.23. The third-order valence-electron chi connectivity index (χ3n) is 10.1. The first kappa shape index (κ1) is 41.2. The molecule has 2 heteroatoms. The highest BCUT2D eigenvalue weighted by Crippen LogP contribution is 2.16. The van der Waals surface area contributed by atoms with Crippen molar-refractivity contribution in [1.29, 1.82) is 0 Å². The van der Waals surface area contributed by atoms with Gasteiger partial charge in [0.15, 0.2) is 0 Å². The van der Waals surface area contributed by atoms with E-state index < -0.39 is 0 Å². The van der Waals surface area contributed by atoms with E-state index in [1.165, 1.54) is 231 Å². The van der Waals surface area contributed by atoms with Gasteiger partial charge in [0, 0.05) is 6.42 Å². The molecule has 0 aliphatic carbocycles. The predicted octanol–water partition coefficient (Wildman–Crippen LogP) is 14.3. The van der Waals surface area contributed by atoms with Crippen LogP contribution < -0.4 is 4.57 Å². The second-order valence-corrected chi connectivity index (χ2v) is 14.5. The molecule has 0 bridgehead atoms. The fraction of sp³-hybridized carbons (Fsp3) is 0.929. The Kier molecular flexibility index (Phi) is 31.5. The molecule has 0 saturated carbocycles. The molecule has 1 aromatic heterocycles. The maximum atomic E-state index is 2.63. The number of nitrogens with zero attached hydrogens (tertiary/aromatic N) is 2. The Morgan fingerprint density at radius 1 is 0.386 bits per heavy atom. The van der Waals surface area contributed by atoms with E-state index in [9.17, 15) is 0 Å². The van der Waals surface area contributed by atoms with Crippen molar-refractivity contribution in [3.05, 3.63) is 18.2 Å². The first-order valence-electron chi connectivity index (χ1n) is 20.9. The van der Waals surface area contributed by atoms with Crippen LogP contribution in [-0.2, 0) is 19.5 Å². The van der Waals surface area contributed by atoms with Gasteiger partial charge in [0.2, 0.25) is 0 Å². The first-order chi connectivity index (χ1) is 21.8. The second kappa shape index (κ2) is 33.6. The van der Waals surface area contributed by atoms with Gasteiger partial charge in [0.1, 0.15) is 12.4 Å². The molecule has 0 fully saturated rings. The fourth-order valence-corrected chi connectivity index (χ4v) is 7.03. The Morgan fingerprint density at radius 2 is 0.705 bits per heavy atom. The molecule has 0 aromatic carbocycles. The van der Waals surface area contributed by atoms with E-state index in [2.05, 4.69) is 42.3 Å². The van der Waals surface area contributed by atoms with Crippen molar-refractivity contribution in [2.45, 2.75) is 252 Å². The Balaban J connectivity index is 2.21. The molecule has 1 aromatic rings. The van der Waals surface area contributed by atoms with Gasteiger partial charge in [0.05, 0.1) is 13.1 Å². The number of aryl methyl sites for hydroxylation is 2. The third kappa shape index (κ3) is 25.4. The Hall–Kier alpha value is -0.790. The van der Waals surface area contributed by atoms with Crippen molar-refractivity contribution in [2.75, 3.05) is 0 Å². The zero-order valence-corrected chi connectivity index (χ0v) is 31.0. The number of unbranched alkanes of at least 4 members (excludes halogenated alkanes) is 30.